The minimum Gasteiger partial charge on any atom is -0.406 e. The minimum absolute atomic E-state index is 0.0700. The Kier molecular flexibility index (Phi) is 5.23. The molecular weight excluding hydrogens is 397 g/mol. The number of amides is 1. The van der Waals surface area contributed by atoms with Gasteiger partial charge >= 0.3 is 6.09 Å². The van der Waals surface area contributed by atoms with Gasteiger partial charge in [-0.1, -0.05) is 30.3 Å². The van der Waals surface area contributed by atoms with Gasteiger partial charge in [0.05, 0.1) is 5.69 Å². The maximum absolute atomic E-state index is 15.0. The van der Waals surface area contributed by atoms with Gasteiger partial charge in [0.15, 0.2) is 11.6 Å². The van der Waals surface area contributed by atoms with Crippen LogP contribution in [0.5, 0.6) is 5.75 Å². The largest absolute Gasteiger partial charge is 0.427 e. The summed E-state index contributed by atoms with van der Waals surface area (Å²) in [7, 11) is 0. The second kappa shape index (κ2) is 8.33. The van der Waals surface area contributed by atoms with Crippen molar-refractivity contribution in [2.45, 2.75) is 26.1 Å². The molecule has 0 saturated heterocycles. The van der Waals surface area contributed by atoms with Gasteiger partial charge in [0.1, 0.15) is 0 Å². The maximum atomic E-state index is 15.0. The normalized spacial score (nSPS) is 15.8. The van der Waals surface area contributed by atoms with E-state index in [4.69, 9.17) is 4.74 Å². The molecule has 158 valence electrons. The van der Waals surface area contributed by atoms with Crippen LogP contribution in [0.1, 0.15) is 22.3 Å². The summed E-state index contributed by atoms with van der Waals surface area (Å²) >= 11 is 0. The van der Waals surface area contributed by atoms with Crippen molar-refractivity contribution in [3.05, 3.63) is 89.0 Å². The van der Waals surface area contributed by atoms with E-state index in [1.165, 1.54) is 17.2 Å². The van der Waals surface area contributed by atoms with E-state index in [2.05, 4.69) is 21.9 Å². The number of carbonyl (C=O) groups is 1. The van der Waals surface area contributed by atoms with Crippen LogP contribution in [-0.4, -0.2) is 27.6 Å². The molecule has 0 spiro atoms. The number of ether oxygens (including phenoxy) is 1. The molecule has 0 atom stereocenters. The Morgan fingerprint density at radius 2 is 1.71 bits per heavy atom. The lowest BCUT2D eigenvalue weighted by Gasteiger charge is -2.28. The van der Waals surface area contributed by atoms with Gasteiger partial charge in [0.2, 0.25) is 0 Å². The van der Waals surface area contributed by atoms with Crippen LogP contribution in [0.3, 0.4) is 0 Å². The number of hydrogen-bond donors (Lipinski definition) is 2. The first-order valence-corrected chi connectivity index (χ1v) is 10.2. The number of benzene rings is 2. The van der Waals surface area contributed by atoms with Gasteiger partial charge in [0.25, 0.3) is 0 Å². The quantitative estimate of drug-likeness (QED) is 0.673. The summed E-state index contributed by atoms with van der Waals surface area (Å²) in [4.78, 5) is 16.4. The van der Waals surface area contributed by atoms with Gasteiger partial charge < -0.3 is 10.2 Å². The average molecular weight is 419 g/mol. The Morgan fingerprint density at radius 1 is 0.935 bits per heavy atom. The monoisotopic (exact) mass is 419 g/mol. The zero-order valence-corrected chi connectivity index (χ0v) is 16.8. The third-order valence-electron chi connectivity index (χ3n) is 5.57. The Hall–Kier alpha value is -3.49. The fourth-order valence-corrected chi connectivity index (χ4v) is 4.02. The van der Waals surface area contributed by atoms with E-state index in [9.17, 15) is 4.79 Å². The van der Waals surface area contributed by atoms with Crippen LogP contribution in [0.15, 0.2) is 60.9 Å². The van der Waals surface area contributed by atoms with Gasteiger partial charge in [-0.05, 0) is 41.3 Å². The van der Waals surface area contributed by atoms with Crippen molar-refractivity contribution in [3.63, 3.8) is 0 Å². The highest BCUT2D eigenvalue weighted by atomic mass is 19.1. The van der Waals surface area contributed by atoms with Crippen molar-refractivity contribution in [1.29, 1.82) is 0 Å². The van der Waals surface area contributed by atoms with E-state index >= 15 is 4.39 Å². The zero-order chi connectivity index (χ0) is 21.2. The number of aromatic nitrogens is 1. The molecule has 3 heterocycles. The van der Waals surface area contributed by atoms with E-state index in [0.29, 0.717) is 31.7 Å². The molecule has 0 fully saturated rings. The van der Waals surface area contributed by atoms with Gasteiger partial charge in [-0.15, -0.1) is 0 Å². The molecule has 1 amide bonds. The topological polar surface area (TPSA) is 69.7 Å². The van der Waals surface area contributed by atoms with Crippen molar-refractivity contribution < 1.29 is 13.9 Å². The first-order chi connectivity index (χ1) is 15.2. The van der Waals surface area contributed by atoms with Crippen molar-refractivity contribution in [3.8, 4) is 5.75 Å². The molecule has 2 aliphatic heterocycles. The zero-order valence-electron chi connectivity index (χ0n) is 16.8. The molecule has 2 aromatic carbocycles. The Labute approximate surface area is 179 Å². The summed E-state index contributed by atoms with van der Waals surface area (Å²) in [6.07, 6.45) is 3.53. The van der Waals surface area contributed by atoms with Gasteiger partial charge in [-0.3, -0.25) is 10.4 Å². The predicted octanol–water partition coefficient (Wildman–Crippen LogP) is 3.63. The molecular formula is C23H22FN5O2. The van der Waals surface area contributed by atoms with E-state index in [0.717, 1.165) is 17.7 Å². The van der Waals surface area contributed by atoms with Crippen molar-refractivity contribution in [2.24, 2.45) is 0 Å². The molecule has 2 aliphatic rings. The number of hydrazine groups is 2. The van der Waals surface area contributed by atoms with Crippen molar-refractivity contribution >= 4 is 11.8 Å². The van der Waals surface area contributed by atoms with Gasteiger partial charge in [0, 0.05) is 44.1 Å². The van der Waals surface area contributed by atoms with Crippen LogP contribution >= 0.6 is 0 Å². The SMILES string of the molecule is O=C(NN1CCc2ccccc2C1)Oc1ccc2c(c1F)CN(Nc1ccncc1)C2. The van der Waals surface area contributed by atoms with Crippen LogP contribution in [0.2, 0.25) is 0 Å². The molecule has 0 unspecified atom stereocenters. The number of nitrogens with zero attached hydrogens (tertiary/aromatic N) is 3. The Morgan fingerprint density at radius 3 is 2.55 bits per heavy atom. The summed E-state index contributed by atoms with van der Waals surface area (Å²) in [6.45, 7) is 2.18. The predicted molar refractivity (Wildman–Crippen MR) is 113 cm³/mol. The number of fused-ring (bicyclic) bond motifs is 2. The summed E-state index contributed by atoms with van der Waals surface area (Å²) < 4.78 is 20.3. The molecule has 0 aliphatic carbocycles. The number of rotatable bonds is 4. The van der Waals surface area contributed by atoms with Crippen LogP contribution in [0.25, 0.3) is 0 Å². The first-order valence-electron chi connectivity index (χ1n) is 10.2. The lowest BCUT2D eigenvalue weighted by Crippen LogP contribution is -2.46. The number of carbonyl (C=O) groups excluding carboxylic acids is 1. The standard InChI is InChI=1S/C23H22FN5O2/c24-22-20-15-29(26-19-7-10-25-11-8-19)14-18(20)5-6-21(22)31-23(30)27-28-12-9-16-3-1-2-4-17(16)13-28/h1-8,10-11H,9,12-15H2,(H,25,26)(H,27,30). The molecule has 7 nitrogen and oxygen atoms in total. The van der Waals surface area contributed by atoms with Crippen LogP contribution in [-0.2, 0) is 26.1 Å². The highest BCUT2D eigenvalue weighted by Gasteiger charge is 2.26. The molecule has 31 heavy (non-hydrogen) atoms. The summed E-state index contributed by atoms with van der Waals surface area (Å²) in [5, 5.41) is 3.69. The fourth-order valence-electron chi connectivity index (χ4n) is 4.02. The Balaban J connectivity index is 1.21. The second-order valence-corrected chi connectivity index (χ2v) is 7.66. The highest BCUT2D eigenvalue weighted by Crippen LogP contribution is 2.31. The van der Waals surface area contributed by atoms with E-state index < -0.39 is 11.9 Å². The maximum Gasteiger partial charge on any atom is 0.427 e. The molecule has 3 aromatic rings. The molecule has 5 rings (SSSR count). The molecule has 0 bridgehead atoms. The number of pyridine rings is 1. The molecule has 8 heteroatoms. The van der Waals surface area contributed by atoms with Crippen molar-refractivity contribution in [1.82, 2.24) is 20.4 Å². The van der Waals surface area contributed by atoms with Gasteiger partial charge in [-0.2, -0.15) is 0 Å². The minimum atomic E-state index is -0.692. The van der Waals surface area contributed by atoms with Crippen LogP contribution in [0.4, 0.5) is 14.9 Å². The van der Waals surface area contributed by atoms with Crippen LogP contribution in [0, 0.1) is 5.82 Å². The lowest BCUT2D eigenvalue weighted by atomic mass is 10.0. The number of halogens is 1. The first kappa shape index (κ1) is 19.5. The third kappa shape index (κ3) is 4.21. The summed E-state index contributed by atoms with van der Waals surface area (Å²) in [5.74, 6) is -0.574. The molecule has 0 radical (unpaired) electrons. The smallest absolute Gasteiger partial charge is 0.406 e. The average Bonchev–Trinajstić information content (AvgIpc) is 3.20. The summed E-state index contributed by atoms with van der Waals surface area (Å²) in [6, 6.07) is 15.1. The van der Waals surface area contributed by atoms with Gasteiger partial charge in [-0.25, -0.2) is 19.2 Å². The molecule has 0 saturated carbocycles. The number of hydrogen-bond acceptors (Lipinski definition) is 6. The highest BCUT2D eigenvalue weighted by molar-refractivity contribution is 5.70. The second-order valence-electron chi connectivity index (χ2n) is 7.66. The summed E-state index contributed by atoms with van der Waals surface area (Å²) in [5.41, 5.74) is 10.7. The molecule has 1 aromatic heterocycles. The van der Waals surface area contributed by atoms with E-state index in [1.807, 2.05) is 35.3 Å². The Bertz CT molecular complexity index is 1110. The van der Waals surface area contributed by atoms with E-state index in [1.54, 1.807) is 23.5 Å². The van der Waals surface area contributed by atoms with Crippen LogP contribution < -0.4 is 15.6 Å². The number of anilines is 1. The lowest BCUT2D eigenvalue weighted by molar-refractivity contribution is 0.134. The third-order valence-corrected chi connectivity index (χ3v) is 5.57. The molecule has 2 N–H and O–H groups in total. The number of nitrogens with one attached hydrogen (secondary N) is 2. The van der Waals surface area contributed by atoms with E-state index in [-0.39, 0.29) is 5.75 Å². The fraction of sp³-hybridized carbons (Fsp3) is 0.217. The van der Waals surface area contributed by atoms with Crippen molar-refractivity contribution in [2.75, 3.05) is 12.0 Å².